The van der Waals surface area contributed by atoms with E-state index in [-0.39, 0.29) is 28.8 Å². The number of aromatic hydroxyl groups is 1. The molecule has 2 N–H and O–H groups in total. The van der Waals surface area contributed by atoms with Gasteiger partial charge in [-0.25, -0.2) is 14.2 Å². The topological polar surface area (TPSA) is 92.1 Å². The molecule has 182 valence electrons. The highest BCUT2D eigenvalue weighted by atomic mass is 19.1. The Bertz CT molecular complexity index is 1010. The summed E-state index contributed by atoms with van der Waals surface area (Å²) >= 11 is 0. The summed E-state index contributed by atoms with van der Waals surface area (Å²) in [4.78, 5) is 18.0. The summed E-state index contributed by atoms with van der Waals surface area (Å²) in [5.74, 6) is -1.11. The lowest BCUT2D eigenvalue weighted by atomic mass is 9.96. The molecule has 1 aromatic carbocycles. The summed E-state index contributed by atoms with van der Waals surface area (Å²) in [5.41, 5.74) is 1.72. The number of allylic oxidation sites excluding steroid dienone is 4. The van der Waals surface area contributed by atoms with E-state index < -0.39 is 12.6 Å². The molecule has 0 amide bonds. The molecule has 0 fully saturated rings. The van der Waals surface area contributed by atoms with Crippen molar-refractivity contribution in [3.63, 3.8) is 0 Å². The van der Waals surface area contributed by atoms with Crippen molar-refractivity contribution in [2.45, 2.75) is 32.6 Å². The Kier molecular flexibility index (Phi) is 9.75. The number of halogens is 1. The van der Waals surface area contributed by atoms with Gasteiger partial charge in [-0.3, -0.25) is 4.90 Å². The maximum Gasteiger partial charge on any atom is 0.360 e. The first-order chi connectivity index (χ1) is 16.5. The minimum atomic E-state index is -0.769. The van der Waals surface area contributed by atoms with Crippen molar-refractivity contribution in [2.24, 2.45) is 5.92 Å². The Labute approximate surface area is 199 Å². The van der Waals surface area contributed by atoms with E-state index in [4.69, 9.17) is 4.74 Å². The molecule has 0 saturated carbocycles. The van der Waals surface area contributed by atoms with E-state index in [1.165, 1.54) is 19.4 Å². The minimum Gasteiger partial charge on any atom is -0.505 e. The van der Waals surface area contributed by atoms with E-state index in [9.17, 15) is 19.4 Å². The Morgan fingerprint density at radius 2 is 2.06 bits per heavy atom. The number of esters is 1. The molecular weight excluding hydrogens is 439 g/mol. The predicted octanol–water partition coefficient (Wildman–Crippen LogP) is 3.90. The van der Waals surface area contributed by atoms with Crippen LogP contribution < -0.4 is 0 Å². The van der Waals surface area contributed by atoms with Gasteiger partial charge in [0.05, 0.1) is 26.9 Å². The first kappa shape index (κ1) is 25.6. The van der Waals surface area contributed by atoms with Gasteiger partial charge in [0.1, 0.15) is 5.83 Å². The standard InChI is InChI=1S/C26H31FN2O5/c1-33-26(32)24-25(31)23(17-30)21(15-28-24)16-29(12-11-19-7-9-22(27)10-8-19)13-14-34-18-20-5-3-2-4-6-20/h2-7,9-10,15,19,30-31H,8,11-14,16-18H2,1H3. The zero-order valence-corrected chi connectivity index (χ0v) is 19.3. The SMILES string of the molecule is COC(=O)c1ncc(CN(CCOCc2ccccc2)CCC2C=CC(F)=CC2)c(CO)c1O. The third-order valence-corrected chi connectivity index (χ3v) is 5.80. The molecule has 1 heterocycles. The van der Waals surface area contributed by atoms with Gasteiger partial charge in [-0.1, -0.05) is 36.4 Å². The van der Waals surface area contributed by atoms with E-state index in [0.29, 0.717) is 44.8 Å². The van der Waals surface area contributed by atoms with Crippen molar-refractivity contribution in [3.8, 4) is 5.75 Å². The van der Waals surface area contributed by atoms with Crippen molar-refractivity contribution in [3.05, 3.63) is 83.0 Å². The lowest BCUT2D eigenvalue weighted by molar-refractivity contribution is 0.0589. The van der Waals surface area contributed by atoms with E-state index in [1.54, 1.807) is 6.08 Å². The van der Waals surface area contributed by atoms with Crippen molar-refractivity contribution in [2.75, 3.05) is 26.8 Å². The number of hydrogen-bond donors (Lipinski definition) is 2. The van der Waals surface area contributed by atoms with Gasteiger partial charge in [-0.2, -0.15) is 0 Å². The lowest BCUT2D eigenvalue weighted by Gasteiger charge is -2.25. The normalized spacial score (nSPS) is 15.4. The summed E-state index contributed by atoms with van der Waals surface area (Å²) in [7, 11) is 1.20. The summed E-state index contributed by atoms with van der Waals surface area (Å²) in [6.07, 6.45) is 7.92. The number of nitrogens with zero attached hydrogens (tertiary/aromatic N) is 2. The average molecular weight is 471 g/mol. The van der Waals surface area contributed by atoms with Gasteiger partial charge in [-0.05, 0) is 48.6 Å². The largest absolute Gasteiger partial charge is 0.505 e. The molecule has 1 unspecified atom stereocenters. The van der Waals surface area contributed by atoms with Crippen LogP contribution in [0.15, 0.2) is 60.6 Å². The molecule has 0 spiro atoms. The zero-order chi connectivity index (χ0) is 24.3. The van der Waals surface area contributed by atoms with E-state index in [0.717, 1.165) is 12.0 Å². The summed E-state index contributed by atoms with van der Waals surface area (Å²) in [6.45, 7) is 2.25. The smallest absolute Gasteiger partial charge is 0.360 e. The fourth-order valence-corrected chi connectivity index (χ4v) is 3.81. The highest BCUT2D eigenvalue weighted by molar-refractivity contribution is 5.90. The highest BCUT2D eigenvalue weighted by Crippen LogP contribution is 2.27. The number of aliphatic hydroxyl groups excluding tert-OH is 1. The maximum atomic E-state index is 13.3. The molecule has 1 aromatic heterocycles. The van der Waals surface area contributed by atoms with Gasteiger partial charge >= 0.3 is 5.97 Å². The Morgan fingerprint density at radius 3 is 2.74 bits per heavy atom. The molecule has 7 nitrogen and oxygen atoms in total. The van der Waals surface area contributed by atoms with Gasteiger partial charge in [0.25, 0.3) is 0 Å². The van der Waals surface area contributed by atoms with Crippen LogP contribution >= 0.6 is 0 Å². The van der Waals surface area contributed by atoms with Crippen LogP contribution in [0.25, 0.3) is 0 Å². The number of rotatable bonds is 12. The lowest BCUT2D eigenvalue weighted by Crippen LogP contribution is -2.30. The van der Waals surface area contributed by atoms with Gasteiger partial charge in [-0.15, -0.1) is 0 Å². The Morgan fingerprint density at radius 1 is 1.26 bits per heavy atom. The van der Waals surface area contributed by atoms with Crippen LogP contribution in [0.4, 0.5) is 4.39 Å². The number of aliphatic hydroxyl groups is 1. The van der Waals surface area contributed by atoms with Crippen LogP contribution in [-0.2, 0) is 29.2 Å². The maximum absolute atomic E-state index is 13.3. The second kappa shape index (κ2) is 13.0. The molecular formula is C26H31FN2O5. The molecule has 0 aliphatic heterocycles. The number of carbonyl (C=O) groups excluding carboxylic acids is 1. The van der Waals surface area contributed by atoms with Gasteiger partial charge in [0, 0.05) is 24.8 Å². The van der Waals surface area contributed by atoms with Crippen LogP contribution in [0.3, 0.4) is 0 Å². The van der Waals surface area contributed by atoms with Crippen LogP contribution in [0.2, 0.25) is 0 Å². The van der Waals surface area contributed by atoms with Crippen molar-refractivity contribution >= 4 is 5.97 Å². The molecule has 0 bridgehead atoms. The van der Waals surface area contributed by atoms with Crippen LogP contribution in [0.1, 0.15) is 40.0 Å². The zero-order valence-electron chi connectivity index (χ0n) is 19.3. The van der Waals surface area contributed by atoms with Gasteiger partial charge in [0.2, 0.25) is 0 Å². The molecule has 1 aliphatic rings. The summed E-state index contributed by atoms with van der Waals surface area (Å²) in [6, 6.07) is 9.90. The minimum absolute atomic E-state index is 0.206. The molecule has 1 aliphatic carbocycles. The van der Waals surface area contributed by atoms with Crippen LogP contribution in [0, 0.1) is 5.92 Å². The van der Waals surface area contributed by atoms with E-state index in [2.05, 4.69) is 14.6 Å². The molecule has 2 aromatic rings. The molecule has 0 saturated heterocycles. The fourth-order valence-electron chi connectivity index (χ4n) is 3.81. The molecule has 0 radical (unpaired) electrons. The highest BCUT2D eigenvalue weighted by Gasteiger charge is 2.21. The first-order valence-corrected chi connectivity index (χ1v) is 11.3. The second-order valence-electron chi connectivity index (χ2n) is 8.16. The molecule has 1 atom stereocenters. The summed E-state index contributed by atoms with van der Waals surface area (Å²) in [5, 5.41) is 20.3. The summed E-state index contributed by atoms with van der Waals surface area (Å²) < 4.78 is 23.8. The Hall–Kier alpha value is -3.07. The molecule has 34 heavy (non-hydrogen) atoms. The Balaban J connectivity index is 1.67. The van der Waals surface area contributed by atoms with Crippen molar-refractivity contribution in [1.82, 2.24) is 9.88 Å². The number of benzene rings is 1. The average Bonchev–Trinajstić information content (AvgIpc) is 2.86. The number of ether oxygens (including phenoxy) is 2. The van der Waals surface area contributed by atoms with Crippen LogP contribution in [-0.4, -0.2) is 52.9 Å². The van der Waals surface area contributed by atoms with Crippen molar-refractivity contribution in [1.29, 1.82) is 0 Å². The van der Waals surface area contributed by atoms with Gasteiger partial charge in [0.15, 0.2) is 11.4 Å². The first-order valence-electron chi connectivity index (χ1n) is 11.3. The van der Waals surface area contributed by atoms with E-state index >= 15 is 0 Å². The van der Waals surface area contributed by atoms with Gasteiger partial charge < -0.3 is 19.7 Å². The number of pyridine rings is 1. The number of methoxy groups -OCH3 is 1. The molecule has 8 heteroatoms. The quantitative estimate of drug-likeness (QED) is 0.359. The second-order valence-corrected chi connectivity index (χ2v) is 8.16. The number of aromatic nitrogens is 1. The monoisotopic (exact) mass is 470 g/mol. The third-order valence-electron chi connectivity index (χ3n) is 5.80. The third kappa shape index (κ3) is 7.21. The van der Waals surface area contributed by atoms with Crippen LogP contribution in [0.5, 0.6) is 5.75 Å². The molecule has 3 rings (SSSR count). The van der Waals surface area contributed by atoms with Crippen molar-refractivity contribution < 1.29 is 28.9 Å². The fraction of sp³-hybridized carbons (Fsp3) is 0.385. The number of carbonyl (C=O) groups is 1. The van der Waals surface area contributed by atoms with E-state index in [1.807, 2.05) is 36.4 Å². The number of hydrogen-bond acceptors (Lipinski definition) is 7. The predicted molar refractivity (Wildman–Crippen MR) is 126 cm³/mol.